The van der Waals surface area contributed by atoms with Crippen molar-refractivity contribution in [1.29, 1.82) is 0 Å². The first-order valence-corrected chi connectivity index (χ1v) is 1.40. The SMILES string of the molecule is On1[nH][nH][nH][nH]1. The van der Waals surface area contributed by atoms with Gasteiger partial charge in [-0.2, -0.15) is 10.4 Å². The van der Waals surface area contributed by atoms with Crippen LogP contribution in [0, 0.1) is 0 Å². The van der Waals surface area contributed by atoms with Crippen molar-refractivity contribution in [2.75, 3.05) is 0 Å². The maximum atomic E-state index is 8.22. The lowest BCUT2D eigenvalue weighted by molar-refractivity contribution is 0.103. The highest BCUT2D eigenvalue weighted by Crippen LogP contribution is 1.46. The zero-order valence-electron chi connectivity index (χ0n) is 2.89. The van der Waals surface area contributed by atoms with E-state index in [2.05, 4.69) is 20.9 Å². The Morgan fingerprint density at radius 1 is 1.17 bits per heavy atom. The monoisotopic (exact) mass is 91.0 g/mol. The first-order valence-electron chi connectivity index (χ1n) is 1.40. The van der Waals surface area contributed by atoms with E-state index in [0.717, 1.165) is 0 Å². The molecule has 0 spiro atoms. The van der Waals surface area contributed by atoms with Gasteiger partial charge in [-0.05, 0) is 4.96 Å². The summed E-state index contributed by atoms with van der Waals surface area (Å²) in [6.45, 7) is 0. The van der Waals surface area contributed by atoms with Gasteiger partial charge in [0, 0.05) is 0 Å². The quantitative estimate of drug-likeness (QED) is 0.265. The predicted molar refractivity (Wildman–Crippen MR) is 16.6 cm³/mol. The van der Waals surface area contributed by atoms with E-state index in [1.165, 1.54) is 0 Å². The fourth-order valence-corrected chi connectivity index (χ4v) is 0.190. The lowest BCUT2D eigenvalue weighted by Gasteiger charge is -1.77. The Bertz CT molecular complexity index is 107. The Labute approximate surface area is 32.3 Å². The highest BCUT2D eigenvalue weighted by atomic mass is 16.5. The molecule has 0 amide bonds. The van der Waals surface area contributed by atoms with Gasteiger partial charge in [0.2, 0.25) is 0 Å². The van der Waals surface area contributed by atoms with Gasteiger partial charge < -0.3 is 5.21 Å². The fourth-order valence-electron chi connectivity index (χ4n) is 0.190. The number of nitrogens with one attached hydrogen (secondary N) is 4. The Morgan fingerprint density at radius 2 is 1.67 bits per heavy atom. The van der Waals surface area contributed by atoms with Crippen LogP contribution < -0.4 is 0 Å². The van der Waals surface area contributed by atoms with Gasteiger partial charge in [-0.1, -0.05) is 0 Å². The summed E-state index contributed by atoms with van der Waals surface area (Å²) in [6, 6.07) is 0. The molecule has 0 fully saturated rings. The van der Waals surface area contributed by atoms with Gasteiger partial charge in [-0.3, -0.25) is 0 Å². The Kier molecular flexibility index (Phi) is 0.444. The summed E-state index contributed by atoms with van der Waals surface area (Å²) in [5.74, 6) is 0. The Balaban J connectivity index is 3.05. The summed E-state index contributed by atoms with van der Waals surface area (Å²) in [5.41, 5.74) is 0. The van der Waals surface area contributed by atoms with Crippen LogP contribution in [0.2, 0.25) is 0 Å². The number of aromatic nitrogens is 5. The first-order chi connectivity index (χ1) is 2.89. The van der Waals surface area contributed by atoms with E-state index in [9.17, 15) is 0 Å². The summed E-state index contributed by atoms with van der Waals surface area (Å²) in [6.07, 6.45) is 0. The number of aromatic amines is 4. The van der Waals surface area contributed by atoms with Crippen molar-refractivity contribution in [1.82, 2.24) is 25.8 Å². The molecule has 5 N–H and O–H groups in total. The van der Waals surface area contributed by atoms with E-state index in [-0.39, 0.29) is 0 Å². The Hall–Kier alpha value is -1.20. The third-order valence-electron chi connectivity index (χ3n) is 0.386. The third kappa shape index (κ3) is 0.270. The number of hydrogen-bond acceptors (Lipinski definition) is 1. The van der Waals surface area contributed by atoms with Crippen LogP contribution in [-0.4, -0.2) is 31.0 Å². The van der Waals surface area contributed by atoms with Crippen LogP contribution in [0.25, 0.3) is 0 Å². The largest absolute Gasteiger partial charge is 0.397 e. The smallest absolute Gasteiger partial charge is 0.0226 e. The van der Waals surface area contributed by atoms with E-state index < -0.39 is 0 Å². The molecule has 0 bridgehead atoms. The lowest BCUT2D eigenvalue weighted by atomic mass is 12.6. The number of rotatable bonds is 0. The van der Waals surface area contributed by atoms with Crippen LogP contribution in [0.4, 0.5) is 0 Å². The molecule has 0 radical (unpaired) electrons. The minimum Gasteiger partial charge on any atom is -0.397 e. The van der Waals surface area contributed by atoms with Gasteiger partial charge in [0.15, 0.2) is 0 Å². The van der Waals surface area contributed by atoms with Crippen LogP contribution in [-0.2, 0) is 0 Å². The minimum atomic E-state index is 0.639. The normalized spacial score (nSPS) is 8.67. The fraction of sp³-hybridized carbons (Fsp3) is 0. The van der Waals surface area contributed by atoms with E-state index >= 15 is 0 Å². The molecule has 6 heteroatoms. The standard InChI is InChI=1S/H5N5O/c6-5-3-1-2-4-5/h1-4,6H. The molecule has 1 heterocycles. The molecule has 0 saturated carbocycles. The maximum absolute atomic E-state index is 8.22. The van der Waals surface area contributed by atoms with Crippen molar-refractivity contribution in [2.45, 2.75) is 0 Å². The number of H-pyrrole nitrogens is 4. The third-order valence-corrected chi connectivity index (χ3v) is 0.386. The van der Waals surface area contributed by atoms with Crippen molar-refractivity contribution in [3.8, 4) is 0 Å². The topological polar surface area (TPSA) is 88.3 Å². The van der Waals surface area contributed by atoms with Gasteiger partial charge in [-0.15, -0.1) is 0 Å². The highest BCUT2D eigenvalue weighted by molar-refractivity contribution is 3.91. The van der Waals surface area contributed by atoms with Crippen LogP contribution in [0.5, 0.6) is 0 Å². The maximum Gasteiger partial charge on any atom is -0.0226 e. The van der Waals surface area contributed by atoms with E-state index in [1.54, 1.807) is 0 Å². The van der Waals surface area contributed by atoms with Gasteiger partial charge in [-0.25, -0.2) is 10.4 Å². The van der Waals surface area contributed by atoms with Crippen LogP contribution in [0.15, 0.2) is 0 Å². The van der Waals surface area contributed by atoms with Gasteiger partial charge >= 0.3 is 0 Å². The second-order valence-electron chi connectivity index (χ2n) is 0.785. The molecule has 0 atom stereocenters. The summed E-state index contributed by atoms with van der Waals surface area (Å²) in [5, 5.41) is 17.4. The average Bonchev–Trinajstić information content (AvgIpc) is 1.86. The van der Waals surface area contributed by atoms with Crippen molar-refractivity contribution >= 4 is 0 Å². The predicted octanol–water partition coefficient (Wildman–Crippen LogP) is -0.838. The van der Waals surface area contributed by atoms with Crippen molar-refractivity contribution in [3.05, 3.63) is 0 Å². The Morgan fingerprint density at radius 3 is 1.83 bits per heavy atom. The lowest BCUT2D eigenvalue weighted by Crippen LogP contribution is -1.93. The summed E-state index contributed by atoms with van der Waals surface area (Å²) in [7, 11) is 0. The molecule has 0 aliphatic carbocycles. The first kappa shape index (κ1) is 3.01. The van der Waals surface area contributed by atoms with Crippen molar-refractivity contribution < 1.29 is 5.21 Å². The molecule has 6 heavy (non-hydrogen) atoms. The highest BCUT2D eigenvalue weighted by Gasteiger charge is 1.63. The molecule has 0 saturated heterocycles. The molecule has 0 unspecified atom stereocenters. The molecular weight excluding hydrogens is 86.0 g/mol. The molecule has 0 aliphatic heterocycles. The summed E-state index contributed by atoms with van der Waals surface area (Å²) >= 11 is 0. The van der Waals surface area contributed by atoms with E-state index in [0.29, 0.717) is 4.96 Å². The molecule has 1 aromatic heterocycles. The molecule has 6 nitrogen and oxygen atoms in total. The van der Waals surface area contributed by atoms with Crippen molar-refractivity contribution in [2.24, 2.45) is 0 Å². The van der Waals surface area contributed by atoms with Gasteiger partial charge in [0.25, 0.3) is 0 Å². The van der Waals surface area contributed by atoms with Gasteiger partial charge in [0.1, 0.15) is 0 Å². The number of nitrogens with zero attached hydrogens (tertiary/aromatic N) is 1. The van der Waals surface area contributed by atoms with E-state index in [4.69, 9.17) is 5.21 Å². The molecule has 1 aromatic rings. The molecule has 36 valence electrons. The molecule has 1 rings (SSSR count). The second kappa shape index (κ2) is 0.886. The van der Waals surface area contributed by atoms with E-state index in [1.807, 2.05) is 0 Å². The molecular formula is H5N5O. The van der Waals surface area contributed by atoms with Crippen LogP contribution in [0.3, 0.4) is 0 Å². The zero-order valence-corrected chi connectivity index (χ0v) is 2.89. The van der Waals surface area contributed by atoms with Crippen LogP contribution >= 0.6 is 0 Å². The molecule has 0 aromatic carbocycles. The zero-order chi connectivity index (χ0) is 4.41. The number of hydrogen-bond donors (Lipinski definition) is 5. The minimum absolute atomic E-state index is 0.639. The second-order valence-corrected chi connectivity index (χ2v) is 0.785. The van der Waals surface area contributed by atoms with Crippen LogP contribution in [0.1, 0.15) is 0 Å². The molecule has 0 aliphatic rings. The summed E-state index contributed by atoms with van der Waals surface area (Å²) < 4.78 is 0. The summed E-state index contributed by atoms with van der Waals surface area (Å²) in [4.78, 5) is 0.639. The average molecular weight is 91.1 g/mol. The van der Waals surface area contributed by atoms with Gasteiger partial charge in [0.05, 0.1) is 0 Å². The van der Waals surface area contributed by atoms with Crippen molar-refractivity contribution in [3.63, 3.8) is 0 Å².